The predicted octanol–water partition coefficient (Wildman–Crippen LogP) is 4.54. The Morgan fingerprint density at radius 1 is 0.928 bits per heavy atom. The number of nitriles is 1. The molecule has 0 fully saturated rings. The second-order valence-corrected chi connectivity index (χ2v) is 17.8. The number of amides is 2. The molecule has 7 N–H and O–H groups in total. The monoisotopic (exact) mass is 946 g/mol. The molecule has 4 aromatic rings. The van der Waals surface area contributed by atoms with Crippen LogP contribution in [0.3, 0.4) is 0 Å². The lowest BCUT2D eigenvalue weighted by Gasteiger charge is -2.32. The van der Waals surface area contributed by atoms with Crippen LogP contribution in [-0.2, 0) is 40.5 Å². The van der Waals surface area contributed by atoms with E-state index in [2.05, 4.69) is 36.1 Å². The molecule has 4 bridgehead atoms. The number of carbonyl (C=O) groups excluding carboxylic acids is 6. The van der Waals surface area contributed by atoms with Crippen molar-refractivity contribution in [1.82, 2.24) is 20.2 Å². The van der Waals surface area contributed by atoms with Gasteiger partial charge in [0.1, 0.15) is 30.8 Å². The molecule has 0 spiro atoms. The zero-order chi connectivity index (χ0) is 50.3. The fourth-order valence-corrected chi connectivity index (χ4v) is 8.02. The Balaban J connectivity index is 1.58. The number of hydrogen-bond acceptors (Lipinski definition) is 16. The second-order valence-electron chi connectivity index (χ2n) is 17.8. The summed E-state index contributed by atoms with van der Waals surface area (Å²) in [5, 5.41) is 12.1. The SMILES string of the molecule is C[C@@H]1CC(=O)[C@@H](N(C)C(=O)[C@H](CCN)CC(=O)c2cnc(-c3ccc(C(C)(C)C)cc3)nc2OCOC=O)c2ccc(OCCN)c(c2)-c2cc(ccc2OCCN)C[C@@H](C(=O)CCC#N)NC1=O. The number of ketones is 3. The Hall–Kier alpha value is -7.07. The van der Waals surface area contributed by atoms with Crippen LogP contribution < -0.4 is 36.7 Å². The van der Waals surface area contributed by atoms with Crippen molar-refractivity contribution in [3.63, 3.8) is 0 Å². The molecular weight excluding hydrogens is 885 g/mol. The number of aromatic nitrogens is 2. The minimum Gasteiger partial charge on any atom is -0.492 e. The van der Waals surface area contributed by atoms with Gasteiger partial charge < -0.3 is 46.4 Å². The number of nitrogens with zero attached hydrogens (tertiary/aromatic N) is 4. The summed E-state index contributed by atoms with van der Waals surface area (Å²) in [5.41, 5.74) is 21.3. The molecular formula is C51H62N8O10. The number of likely N-dealkylation sites (N-methyl/N-ethyl adjacent to an activating group) is 1. The molecule has 18 nitrogen and oxygen atoms in total. The zero-order valence-electron chi connectivity index (χ0n) is 39.8. The van der Waals surface area contributed by atoms with Crippen LogP contribution in [0.5, 0.6) is 17.4 Å². The molecule has 69 heavy (non-hydrogen) atoms. The van der Waals surface area contributed by atoms with Gasteiger partial charge in [0.05, 0.1) is 17.7 Å². The van der Waals surface area contributed by atoms with Crippen LogP contribution in [-0.4, -0.2) is 103 Å². The van der Waals surface area contributed by atoms with Crippen molar-refractivity contribution < 1.29 is 47.7 Å². The van der Waals surface area contributed by atoms with E-state index in [9.17, 15) is 34.0 Å². The third-order valence-electron chi connectivity index (χ3n) is 11.7. The normalized spacial score (nSPS) is 16.5. The Morgan fingerprint density at radius 3 is 2.22 bits per heavy atom. The van der Waals surface area contributed by atoms with Gasteiger partial charge in [0.2, 0.25) is 24.5 Å². The van der Waals surface area contributed by atoms with Crippen LogP contribution >= 0.6 is 0 Å². The van der Waals surface area contributed by atoms with Gasteiger partial charge in [-0.05, 0) is 65.8 Å². The number of hydrogen-bond donors (Lipinski definition) is 4. The summed E-state index contributed by atoms with van der Waals surface area (Å²) in [5.74, 6) is -3.82. The van der Waals surface area contributed by atoms with Gasteiger partial charge in [0, 0.05) is 80.5 Å². The van der Waals surface area contributed by atoms with Gasteiger partial charge in [-0.3, -0.25) is 28.8 Å². The lowest BCUT2D eigenvalue weighted by atomic mass is 9.86. The second kappa shape index (κ2) is 24.8. The molecule has 2 amide bonds. The molecule has 0 saturated carbocycles. The number of Topliss-reactive ketones (excluding diaryl/α,β-unsaturated/α-hetero) is 3. The molecule has 1 aliphatic rings. The summed E-state index contributed by atoms with van der Waals surface area (Å²) >= 11 is 0. The van der Waals surface area contributed by atoms with Crippen LogP contribution in [0.1, 0.15) is 92.9 Å². The van der Waals surface area contributed by atoms with Gasteiger partial charge in [-0.15, -0.1) is 0 Å². The molecule has 1 aromatic heterocycles. The molecule has 4 atom stereocenters. The molecule has 0 aliphatic carbocycles. The fourth-order valence-electron chi connectivity index (χ4n) is 8.02. The Morgan fingerprint density at radius 2 is 1.59 bits per heavy atom. The van der Waals surface area contributed by atoms with Crippen LogP contribution in [0.15, 0.2) is 66.9 Å². The van der Waals surface area contributed by atoms with E-state index in [4.69, 9.17) is 36.1 Å². The average molecular weight is 947 g/mol. The number of fused-ring (bicyclic) bond motifs is 5. The number of ether oxygens (including phenoxy) is 4. The van der Waals surface area contributed by atoms with E-state index in [0.29, 0.717) is 39.3 Å². The minimum atomic E-state index is -1.32. The maximum Gasteiger partial charge on any atom is 0.295 e. The Kier molecular flexibility index (Phi) is 19.0. The molecule has 0 unspecified atom stereocenters. The Labute approximate surface area is 402 Å². The largest absolute Gasteiger partial charge is 0.492 e. The van der Waals surface area contributed by atoms with E-state index in [1.165, 1.54) is 18.1 Å². The summed E-state index contributed by atoms with van der Waals surface area (Å²) in [4.78, 5) is 92.5. The van der Waals surface area contributed by atoms with Crippen LogP contribution in [0.25, 0.3) is 22.5 Å². The van der Waals surface area contributed by atoms with E-state index >= 15 is 0 Å². The van der Waals surface area contributed by atoms with Gasteiger partial charge in [-0.2, -0.15) is 10.2 Å². The van der Waals surface area contributed by atoms with Gasteiger partial charge in [0.25, 0.3) is 6.47 Å². The summed E-state index contributed by atoms with van der Waals surface area (Å²) in [6.07, 6.45) is 0.485. The molecule has 2 heterocycles. The summed E-state index contributed by atoms with van der Waals surface area (Å²) in [6.45, 7) is 8.10. The number of nitrogens with one attached hydrogen (secondary N) is 1. The third-order valence-corrected chi connectivity index (χ3v) is 11.7. The third kappa shape index (κ3) is 13.8. The molecule has 366 valence electrons. The highest BCUT2D eigenvalue weighted by Gasteiger charge is 2.37. The van der Waals surface area contributed by atoms with Crippen molar-refractivity contribution in [2.75, 3.05) is 46.7 Å². The molecule has 0 saturated heterocycles. The van der Waals surface area contributed by atoms with Crippen LogP contribution in [0.4, 0.5) is 0 Å². The number of benzene rings is 3. The molecule has 0 radical (unpaired) electrons. The van der Waals surface area contributed by atoms with Crippen LogP contribution in [0.2, 0.25) is 0 Å². The fraction of sp³-hybridized carbons (Fsp3) is 0.431. The molecule has 1 aliphatic heterocycles. The molecule has 18 heteroatoms. The van der Waals surface area contributed by atoms with E-state index in [1.54, 1.807) is 43.3 Å². The van der Waals surface area contributed by atoms with Crippen molar-refractivity contribution in [2.24, 2.45) is 29.0 Å². The van der Waals surface area contributed by atoms with E-state index in [-0.39, 0.29) is 99.9 Å². The predicted molar refractivity (Wildman–Crippen MR) is 256 cm³/mol. The number of nitrogens with two attached hydrogens (primary N) is 3. The zero-order valence-corrected chi connectivity index (χ0v) is 39.8. The number of carbonyl (C=O) groups is 6. The van der Waals surface area contributed by atoms with Crippen molar-refractivity contribution >= 4 is 35.6 Å². The van der Waals surface area contributed by atoms with E-state index in [0.717, 1.165) is 5.56 Å². The minimum absolute atomic E-state index is 0.00261. The van der Waals surface area contributed by atoms with Gasteiger partial charge in [-0.25, -0.2) is 4.98 Å². The van der Waals surface area contributed by atoms with Crippen molar-refractivity contribution in [3.8, 4) is 46.0 Å². The smallest absolute Gasteiger partial charge is 0.295 e. The quantitative estimate of drug-likeness (QED) is 0.0386. The standard InChI is InChI=1S/C51H62N8O10/c1-31-23-43(63)46(34-11-15-45(68-22-20-55)38(26-34)37-24-32(8-14-44(37)67-21-19-54)25-40(57-48(31)64)41(61)7-6-17-52)59(5)50(65)35(16-18-53)27-42(62)39-28-56-47(58-49(39)69-30-66-29-60)33-9-12-36(13-10-33)51(2,3)4/h8-15,24,26,28-29,31,35,40,46H,6-7,16,18-23,25,27,30,53-55H2,1-5H3,(H,57,64)/t31-,35-,40+,46+/m1/s1. The lowest BCUT2D eigenvalue weighted by Crippen LogP contribution is -2.46. The van der Waals surface area contributed by atoms with E-state index < -0.39 is 60.5 Å². The summed E-state index contributed by atoms with van der Waals surface area (Å²) < 4.78 is 22.7. The van der Waals surface area contributed by atoms with Crippen molar-refractivity contribution in [3.05, 3.63) is 89.1 Å². The summed E-state index contributed by atoms with van der Waals surface area (Å²) in [7, 11) is 1.44. The maximum atomic E-state index is 14.9. The first kappa shape index (κ1) is 52.9. The van der Waals surface area contributed by atoms with Crippen molar-refractivity contribution in [2.45, 2.75) is 83.7 Å². The lowest BCUT2D eigenvalue weighted by molar-refractivity contribution is -0.142. The maximum absolute atomic E-state index is 14.9. The molecule has 5 rings (SSSR count). The molecule has 3 aromatic carbocycles. The van der Waals surface area contributed by atoms with Gasteiger partial charge >= 0.3 is 0 Å². The average Bonchev–Trinajstić information content (AvgIpc) is 3.33. The van der Waals surface area contributed by atoms with Crippen molar-refractivity contribution in [1.29, 1.82) is 5.26 Å². The number of rotatable bonds is 21. The highest BCUT2D eigenvalue weighted by atomic mass is 16.7. The van der Waals surface area contributed by atoms with E-state index in [1.807, 2.05) is 30.3 Å². The first-order chi connectivity index (χ1) is 33.0. The topological polar surface area (TPSA) is 282 Å². The Bertz CT molecular complexity index is 2520. The van der Waals surface area contributed by atoms with Crippen LogP contribution in [0, 0.1) is 23.2 Å². The van der Waals surface area contributed by atoms with Gasteiger partial charge in [0.15, 0.2) is 23.2 Å². The first-order valence-corrected chi connectivity index (χ1v) is 22.9. The summed E-state index contributed by atoms with van der Waals surface area (Å²) in [6, 6.07) is 17.5. The highest BCUT2D eigenvalue weighted by Crippen LogP contribution is 2.41. The highest BCUT2D eigenvalue weighted by molar-refractivity contribution is 6.01. The first-order valence-electron chi connectivity index (χ1n) is 22.9. The van der Waals surface area contributed by atoms with Gasteiger partial charge in [-0.1, -0.05) is 64.1 Å².